The molecule has 0 unspecified atom stereocenters. The molecule has 118 valence electrons. The molecule has 0 fully saturated rings. The van der Waals surface area contributed by atoms with Crippen LogP contribution in [0.3, 0.4) is 0 Å². The van der Waals surface area contributed by atoms with Crippen molar-refractivity contribution in [3.8, 4) is 0 Å². The fourth-order valence-electron chi connectivity index (χ4n) is 1.61. The van der Waals surface area contributed by atoms with E-state index >= 15 is 0 Å². The summed E-state index contributed by atoms with van der Waals surface area (Å²) in [5.41, 5.74) is 1.25. The predicted octanol–water partition coefficient (Wildman–Crippen LogP) is 3.28. The summed E-state index contributed by atoms with van der Waals surface area (Å²) in [7, 11) is -3.75. The first-order valence-electron chi connectivity index (χ1n) is 6.09. The molecule has 1 amide bonds. The minimum absolute atomic E-state index is 0.0595. The summed E-state index contributed by atoms with van der Waals surface area (Å²) in [4.78, 5) is 11.9. The monoisotopic (exact) mass is 378 g/mol. The Kier molecular flexibility index (Phi) is 5.46. The van der Waals surface area contributed by atoms with Gasteiger partial charge in [-0.1, -0.05) is 29.3 Å². The fourth-order valence-corrected chi connectivity index (χ4v) is 4.30. The van der Waals surface area contributed by atoms with Gasteiger partial charge in [0.05, 0.1) is 10.9 Å². The van der Waals surface area contributed by atoms with Gasteiger partial charge >= 0.3 is 0 Å². The third-order valence-electron chi connectivity index (χ3n) is 2.78. The van der Waals surface area contributed by atoms with Gasteiger partial charge in [-0.2, -0.15) is 0 Å². The zero-order valence-corrected chi connectivity index (χ0v) is 14.5. The van der Waals surface area contributed by atoms with E-state index in [4.69, 9.17) is 23.2 Å². The number of hydrogen-bond donors (Lipinski definition) is 2. The van der Waals surface area contributed by atoms with Crippen molar-refractivity contribution in [1.29, 1.82) is 0 Å². The highest BCUT2D eigenvalue weighted by Gasteiger charge is 2.18. The molecule has 0 aliphatic carbocycles. The van der Waals surface area contributed by atoms with Gasteiger partial charge in [-0.15, -0.1) is 11.3 Å². The Hall–Kier alpha value is -1.12. The maximum absolute atomic E-state index is 12.0. The lowest BCUT2D eigenvalue weighted by Crippen LogP contribution is -2.32. The summed E-state index contributed by atoms with van der Waals surface area (Å²) in [6.45, 7) is 1.37. The summed E-state index contributed by atoms with van der Waals surface area (Å²) >= 11 is 12.6. The standard InChI is InChI=1S/C13H12Cl2N2O3S2/c1-8-9(14)3-2-4-10(8)17-12(18)7-16-22(19,20)13-6-5-11(15)21-13/h2-6,16H,7H2,1H3,(H,17,18). The maximum atomic E-state index is 12.0. The Balaban J connectivity index is 2.00. The lowest BCUT2D eigenvalue weighted by molar-refractivity contribution is -0.115. The van der Waals surface area contributed by atoms with Gasteiger partial charge in [0.15, 0.2) is 0 Å². The molecule has 0 saturated carbocycles. The van der Waals surface area contributed by atoms with Crippen molar-refractivity contribution >= 4 is 56.2 Å². The zero-order valence-electron chi connectivity index (χ0n) is 11.4. The first-order valence-corrected chi connectivity index (χ1v) is 9.15. The molecule has 2 aromatic rings. The highest BCUT2D eigenvalue weighted by atomic mass is 35.5. The van der Waals surface area contributed by atoms with Crippen molar-refractivity contribution in [3.05, 3.63) is 45.3 Å². The molecule has 0 aliphatic rings. The van der Waals surface area contributed by atoms with Crippen molar-refractivity contribution in [2.24, 2.45) is 0 Å². The Labute approximate surface area is 142 Å². The second-order valence-electron chi connectivity index (χ2n) is 4.34. The summed E-state index contributed by atoms with van der Waals surface area (Å²) < 4.78 is 26.6. The molecule has 1 heterocycles. The Bertz CT molecular complexity index is 803. The van der Waals surface area contributed by atoms with Gasteiger partial charge in [-0.3, -0.25) is 4.79 Å². The Morgan fingerprint density at radius 2 is 1.95 bits per heavy atom. The summed E-state index contributed by atoms with van der Waals surface area (Å²) in [6, 6.07) is 7.95. The van der Waals surface area contributed by atoms with Gasteiger partial charge in [0, 0.05) is 10.7 Å². The van der Waals surface area contributed by atoms with Crippen LogP contribution in [0.15, 0.2) is 34.5 Å². The number of carbonyl (C=O) groups is 1. The average Bonchev–Trinajstić information content (AvgIpc) is 2.89. The van der Waals surface area contributed by atoms with Crippen LogP contribution in [0, 0.1) is 6.92 Å². The SMILES string of the molecule is Cc1c(Cl)cccc1NC(=O)CNS(=O)(=O)c1ccc(Cl)s1. The number of nitrogens with one attached hydrogen (secondary N) is 2. The normalized spacial score (nSPS) is 11.4. The topological polar surface area (TPSA) is 75.3 Å². The third-order valence-corrected chi connectivity index (χ3v) is 6.31. The molecule has 5 nitrogen and oxygen atoms in total. The molecule has 0 bridgehead atoms. The molecule has 0 atom stereocenters. The smallest absolute Gasteiger partial charge is 0.250 e. The van der Waals surface area contributed by atoms with E-state index in [1.165, 1.54) is 12.1 Å². The van der Waals surface area contributed by atoms with Crippen molar-refractivity contribution in [1.82, 2.24) is 4.72 Å². The molecule has 2 rings (SSSR count). The van der Waals surface area contributed by atoms with Gasteiger partial charge in [0.25, 0.3) is 10.0 Å². The number of amides is 1. The minimum Gasteiger partial charge on any atom is -0.325 e. The lowest BCUT2D eigenvalue weighted by Gasteiger charge is -2.10. The number of rotatable bonds is 5. The van der Waals surface area contributed by atoms with E-state index in [-0.39, 0.29) is 10.8 Å². The first kappa shape index (κ1) is 17.2. The quantitative estimate of drug-likeness (QED) is 0.837. The van der Waals surface area contributed by atoms with Gasteiger partial charge in [0.2, 0.25) is 5.91 Å². The van der Waals surface area contributed by atoms with Crippen molar-refractivity contribution in [2.45, 2.75) is 11.1 Å². The number of carbonyl (C=O) groups excluding carboxylic acids is 1. The largest absolute Gasteiger partial charge is 0.325 e. The number of anilines is 1. The molecule has 1 aromatic carbocycles. The molecule has 22 heavy (non-hydrogen) atoms. The highest BCUT2D eigenvalue weighted by molar-refractivity contribution is 7.91. The van der Waals surface area contributed by atoms with E-state index in [9.17, 15) is 13.2 Å². The minimum atomic E-state index is -3.75. The van der Waals surface area contributed by atoms with Crippen LogP contribution in [0.5, 0.6) is 0 Å². The van der Waals surface area contributed by atoms with Gasteiger partial charge in [-0.05, 0) is 36.8 Å². The molecule has 0 spiro atoms. The van der Waals surface area contributed by atoms with Gasteiger partial charge in [0.1, 0.15) is 4.21 Å². The van der Waals surface area contributed by atoms with Gasteiger partial charge in [-0.25, -0.2) is 13.1 Å². The average molecular weight is 379 g/mol. The second kappa shape index (κ2) is 6.97. The molecular weight excluding hydrogens is 367 g/mol. The van der Waals surface area contributed by atoms with Crippen molar-refractivity contribution in [2.75, 3.05) is 11.9 Å². The van der Waals surface area contributed by atoms with E-state index in [2.05, 4.69) is 10.0 Å². The Morgan fingerprint density at radius 3 is 2.59 bits per heavy atom. The van der Waals surface area contributed by atoms with E-state index in [0.29, 0.717) is 20.6 Å². The van der Waals surface area contributed by atoms with Crippen LogP contribution in [-0.4, -0.2) is 20.9 Å². The van der Waals surface area contributed by atoms with E-state index in [0.717, 1.165) is 11.3 Å². The molecule has 0 radical (unpaired) electrons. The van der Waals surface area contributed by atoms with Crippen molar-refractivity contribution < 1.29 is 13.2 Å². The fraction of sp³-hybridized carbons (Fsp3) is 0.154. The lowest BCUT2D eigenvalue weighted by atomic mass is 10.2. The first-order chi connectivity index (χ1) is 10.3. The summed E-state index contributed by atoms with van der Waals surface area (Å²) in [6.07, 6.45) is 0. The van der Waals surface area contributed by atoms with Crippen LogP contribution >= 0.6 is 34.5 Å². The van der Waals surface area contributed by atoms with E-state index in [1.807, 2.05) is 0 Å². The van der Waals surface area contributed by atoms with Crippen LogP contribution in [0.25, 0.3) is 0 Å². The molecular formula is C13H12Cl2N2O3S2. The molecule has 1 aromatic heterocycles. The molecule has 2 N–H and O–H groups in total. The molecule has 0 saturated heterocycles. The van der Waals surface area contributed by atoms with Crippen LogP contribution in [0.2, 0.25) is 9.36 Å². The predicted molar refractivity (Wildman–Crippen MR) is 89.3 cm³/mol. The summed E-state index contributed by atoms with van der Waals surface area (Å²) in [5, 5.41) is 3.13. The van der Waals surface area contributed by atoms with Crippen LogP contribution in [0.4, 0.5) is 5.69 Å². The second-order valence-corrected chi connectivity index (χ2v) is 8.46. The van der Waals surface area contributed by atoms with Crippen LogP contribution in [-0.2, 0) is 14.8 Å². The summed E-state index contributed by atoms with van der Waals surface area (Å²) in [5.74, 6) is -0.489. The molecule has 0 aliphatic heterocycles. The maximum Gasteiger partial charge on any atom is 0.250 e. The third kappa shape index (κ3) is 4.21. The van der Waals surface area contributed by atoms with Gasteiger partial charge < -0.3 is 5.32 Å². The Morgan fingerprint density at radius 1 is 1.23 bits per heavy atom. The van der Waals surface area contributed by atoms with E-state index in [1.54, 1.807) is 25.1 Å². The molecule has 9 heteroatoms. The van der Waals surface area contributed by atoms with E-state index < -0.39 is 15.9 Å². The number of sulfonamides is 1. The zero-order chi connectivity index (χ0) is 16.3. The number of thiophene rings is 1. The van der Waals surface area contributed by atoms with Crippen LogP contribution in [0.1, 0.15) is 5.56 Å². The highest BCUT2D eigenvalue weighted by Crippen LogP contribution is 2.25. The number of halogens is 2. The number of benzene rings is 1. The van der Waals surface area contributed by atoms with Crippen LogP contribution < -0.4 is 10.0 Å². The van der Waals surface area contributed by atoms with Crippen molar-refractivity contribution in [3.63, 3.8) is 0 Å². The number of hydrogen-bond acceptors (Lipinski definition) is 4.